The van der Waals surface area contributed by atoms with Crippen LogP contribution in [0, 0.1) is 10.7 Å². The van der Waals surface area contributed by atoms with E-state index in [4.69, 9.17) is 14.2 Å². The molecule has 0 amide bonds. The number of aromatic carboxylic acids is 2. The van der Waals surface area contributed by atoms with E-state index in [2.05, 4.69) is 0 Å². The van der Waals surface area contributed by atoms with Crippen LogP contribution in [0.15, 0.2) is 11.3 Å². The van der Waals surface area contributed by atoms with Gasteiger partial charge in [-0.05, 0) is 67.8 Å². The Morgan fingerprint density at radius 1 is 0.897 bits per heavy atom. The first kappa shape index (κ1) is 24.1. The minimum Gasteiger partial charge on any atom is -0.478 e. The van der Waals surface area contributed by atoms with Gasteiger partial charge < -0.3 is 29.3 Å². The largest absolute Gasteiger partial charge is 0.478 e. The first-order valence-electron chi connectivity index (χ1n) is 7.50. The lowest BCUT2D eigenvalue weighted by atomic mass is 10.1. The number of hydrogen-bond donors (Lipinski definition) is 2. The number of anilines is 1. The Kier molecular flexibility index (Phi) is 8.08. The highest BCUT2D eigenvalue weighted by molar-refractivity contribution is 14.1. The molecule has 0 spiro atoms. The fraction of sp³-hybridized carbons (Fsp3) is 0.250. The van der Waals surface area contributed by atoms with Gasteiger partial charge in [0.2, 0.25) is 0 Å². The lowest BCUT2D eigenvalue weighted by Crippen LogP contribution is -2.40. The highest BCUT2D eigenvalue weighted by Gasteiger charge is 2.37. The predicted molar refractivity (Wildman–Crippen MR) is 123 cm³/mol. The van der Waals surface area contributed by atoms with Gasteiger partial charge in [-0.2, -0.15) is 0 Å². The lowest BCUT2D eigenvalue weighted by molar-refractivity contribution is -0.140. The SMILES string of the molecule is COC(=O)C1=C(C(=O)OC)N(c2c(I)c(C(=O)O)c(I)c(C(=O)O)c2I)COC1. The number of nitrogens with zero attached hydrogens (tertiary/aromatic N) is 1. The third kappa shape index (κ3) is 4.46. The second-order valence-electron chi connectivity index (χ2n) is 5.37. The summed E-state index contributed by atoms with van der Waals surface area (Å²) in [6.07, 6.45) is 0. The summed E-state index contributed by atoms with van der Waals surface area (Å²) in [7, 11) is 2.25. The van der Waals surface area contributed by atoms with Gasteiger partial charge in [0.25, 0.3) is 0 Å². The first-order valence-corrected chi connectivity index (χ1v) is 10.7. The van der Waals surface area contributed by atoms with Crippen molar-refractivity contribution in [1.29, 1.82) is 0 Å². The summed E-state index contributed by atoms with van der Waals surface area (Å²) in [4.78, 5) is 49.5. The van der Waals surface area contributed by atoms with Crippen molar-refractivity contribution in [3.63, 3.8) is 0 Å². The second kappa shape index (κ2) is 9.73. The van der Waals surface area contributed by atoms with Crippen molar-refractivity contribution in [3.8, 4) is 0 Å². The Labute approximate surface area is 205 Å². The van der Waals surface area contributed by atoms with Crippen LogP contribution in [-0.2, 0) is 23.8 Å². The fourth-order valence-electron chi connectivity index (χ4n) is 2.58. The summed E-state index contributed by atoms with van der Waals surface area (Å²) in [5.74, 6) is -4.39. The molecule has 1 aliphatic heterocycles. The summed E-state index contributed by atoms with van der Waals surface area (Å²) < 4.78 is 15.3. The summed E-state index contributed by atoms with van der Waals surface area (Å²) in [5, 5.41) is 19.3. The quantitative estimate of drug-likeness (QED) is 0.342. The standard InChI is InChI=1S/C16H12I3NO9/c1-27-15(25)5-3-29-4-20(11(5)16(26)28-2)12-9(18)6(13(21)22)8(17)7(10(12)19)14(23)24/h3-4H2,1-2H3,(H,21,22)(H,23,24). The van der Waals surface area contributed by atoms with Crippen molar-refractivity contribution in [2.75, 3.05) is 32.5 Å². The zero-order chi connectivity index (χ0) is 22.0. The van der Waals surface area contributed by atoms with Crippen molar-refractivity contribution in [1.82, 2.24) is 0 Å². The summed E-state index contributed by atoms with van der Waals surface area (Å²) >= 11 is 5.17. The van der Waals surface area contributed by atoms with Crippen LogP contribution < -0.4 is 4.90 Å². The molecule has 0 atom stereocenters. The maximum atomic E-state index is 12.5. The summed E-state index contributed by atoms with van der Waals surface area (Å²) in [6.45, 7) is -0.474. The molecule has 10 nitrogen and oxygen atoms in total. The maximum absolute atomic E-state index is 12.5. The van der Waals surface area contributed by atoms with E-state index in [0.717, 1.165) is 14.2 Å². The molecule has 1 aromatic rings. The normalized spacial score (nSPS) is 13.9. The molecule has 0 radical (unpaired) electrons. The van der Waals surface area contributed by atoms with Crippen molar-refractivity contribution >= 4 is 97.3 Å². The van der Waals surface area contributed by atoms with Crippen LogP contribution in [0.4, 0.5) is 5.69 Å². The smallest absolute Gasteiger partial charge is 0.355 e. The number of carbonyl (C=O) groups excluding carboxylic acids is 2. The average molecular weight is 743 g/mol. The molecule has 1 heterocycles. The third-order valence-corrected chi connectivity index (χ3v) is 7.00. The van der Waals surface area contributed by atoms with E-state index in [1.54, 1.807) is 67.8 Å². The number of rotatable bonds is 5. The number of ether oxygens (including phenoxy) is 3. The van der Waals surface area contributed by atoms with Crippen LogP contribution in [0.25, 0.3) is 0 Å². The molecule has 0 bridgehead atoms. The first-order chi connectivity index (χ1) is 13.6. The van der Waals surface area contributed by atoms with Gasteiger partial charge in [-0.1, -0.05) is 0 Å². The molecule has 0 aromatic heterocycles. The minimum atomic E-state index is -1.34. The van der Waals surface area contributed by atoms with Gasteiger partial charge in [-0.3, -0.25) is 0 Å². The van der Waals surface area contributed by atoms with E-state index >= 15 is 0 Å². The molecule has 156 valence electrons. The van der Waals surface area contributed by atoms with E-state index in [-0.39, 0.29) is 52.1 Å². The molecule has 0 saturated carbocycles. The van der Waals surface area contributed by atoms with Gasteiger partial charge in [-0.15, -0.1) is 0 Å². The van der Waals surface area contributed by atoms with Crippen LogP contribution >= 0.6 is 67.8 Å². The van der Waals surface area contributed by atoms with Gasteiger partial charge in [0.1, 0.15) is 12.4 Å². The maximum Gasteiger partial charge on any atom is 0.355 e. The van der Waals surface area contributed by atoms with Crippen molar-refractivity contribution in [3.05, 3.63) is 33.1 Å². The van der Waals surface area contributed by atoms with Crippen LogP contribution in [0.5, 0.6) is 0 Å². The molecule has 13 heteroatoms. The molecule has 0 aliphatic carbocycles. The number of methoxy groups -OCH3 is 2. The Bertz CT molecular complexity index is 916. The summed E-state index contributed by atoms with van der Waals surface area (Å²) in [5.41, 5.74) is -0.732. The molecule has 0 unspecified atom stereocenters. The minimum absolute atomic E-state index is 0.0369. The second-order valence-corrected chi connectivity index (χ2v) is 8.60. The number of carboxylic acid groups (broad SMARTS) is 2. The van der Waals surface area contributed by atoms with Gasteiger partial charge in [-0.25, -0.2) is 19.2 Å². The number of hydrogen-bond acceptors (Lipinski definition) is 8. The Balaban J connectivity index is 2.94. The van der Waals surface area contributed by atoms with Crippen molar-refractivity contribution in [2.45, 2.75) is 0 Å². The van der Waals surface area contributed by atoms with Crippen LogP contribution in [0.1, 0.15) is 20.7 Å². The topological polar surface area (TPSA) is 140 Å². The highest BCUT2D eigenvalue weighted by atomic mass is 127. The lowest BCUT2D eigenvalue weighted by Gasteiger charge is -2.33. The number of carboxylic acids is 2. The molecule has 2 N–H and O–H groups in total. The van der Waals surface area contributed by atoms with Gasteiger partial charge in [0.05, 0.1) is 50.4 Å². The molecular formula is C16H12I3NO9. The molecular weight excluding hydrogens is 731 g/mol. The van der Waals surface area contributed by atoms with Gasteiger partial charge >= 0.3 is 23.9 Å². The molecule has 1 aliphatic rings. The number of halogens is 3. The van der Waals surface area contributed by atoms with Crippen molar-refractivity contribution < 1.29 is 43.6 Å². The number of esters is 2. The highest BCUT2D eigenvalue weighted by Crippen LogP contribution is 2.40. The van der Waals surface area contributed by atoms with E-state index in [1.165, 1.54) is 4.90 Å². The summed E-state index contributed by atoms with van der Waals surface area (Å²) in [6, 6.07) is 0. The third-order valence-electron chi connectivity index (χ3n) is 3.82. The van der Waals surface area contributed by atoms with Crippen LogP contribution in [0.3, 0.4) is 0 Å². The fourth-order valence-corrected chi connectivity index (χ4v) is 7.25. The molecule has 29 heavy (non-hydrogen) atoms. The van der Waals surface area contributed by atoms with E-state index in [9.17, 15) is 29.4 Å². The van der Waals surface area contributed by atoms with E-state index < -0.39 is 23.9 Å². The molecule has 1 aromatic carbocycles. The zero-order valence-electron chi connectivity index (χ0n) is 14.7. The molecule has 0 fully saturated rings. The Hall–Kier alpha value is -1.21. The van der Waals surface area contributed by atoms with Gasteiger partial charge in [0, 0.05) is 3.57 Å². The average Bonchev–Trinajstić information content (AvgIpc) is 2.65. The monoisotopic (exact) mass is 743 g/mol. The zero-order valence-corrected chi connectivity index (χ0v) is 21.2. The van der Waals surface area contributed by atoms with Crippen LogP contribution in [0.2, 0.25) is 0 Å². The molecule has 0 saturated heterocycles. The Morgan fingerprint density at radius 3 is 1.79 bits per heavy atom. The molecule has 2 rings (SSSR count). The predicted octanol–water partition coefficient (Wildman–Crippen LogP) is 2.29. The Morgan fingerprint density at radius 2 is 1.38 bits per heavy atom. The van der Waals surface area contributed by atoms with E-state index in [1.807, 2.05) is 0 Å². The number of benzene rings is 1. The van der Waals surface area contributed by atoms with Gasteiger partial charge in [0.15, 0.2) is 0 Å². The van der Waals surface area contributed by atoms with Crippen molar-refractivity contribution in [2.24, 2.45) is 0 Å². The number of carbonyl (C=O) groups is 4. The van der Waals surface area contributed by atoms with Crippen LogP contribution in [-0.4, -0.2) is 61.6 Å². The van der Waals surface area contributed by atoms with E-state index in [0.29, 0.717) is 0 Å².